The molecule has 0 saturated heterocycles. The van der Waals surface area contributed by atoms with Crippen LogP contribution in [0.4, 0.5) is 5.69 Å². The molecule has 0 amide bonds. The maximum atomic E-state index is 12.5. The molecule has 3 rings (SSSR count). The molecule has 3 aromatic rings. The van der Waals surface area contributed by atoms with Crippen molar-refractivity contribution < 1.29 is 12.6 Å². The van der Waals surface area contributed by atoms with Crippen LogP contribution in [0.1, 0.15) is 18.1 Å². The van der Waals surface area contributed by atoms with E-state index in [1.165, 1.54) is 42.0 Å². The van der Waals surface area contributed by atoms with Crippen molar-refractivity contribution in [2.45, 2.75) is 18.2 Å². The van der Waals surface area contributed by atoms with E-state index in [0.717, 1.165) is 12.1 Å². The smallest absolute Gasteiger partial charge is 0.339 e. The number of hydrogen-bond donors (Lipinski definition) is 0. The summed E-state index contributed by atoms with van der Waals surface area (Å²) in [6.07, 6.45) is 2.55. The largest absolute Gasteiger partial charge is 0.376 e. The van der Waals surface area contributed by atoms with E-state index in [1.807, 2.05) is 24.3 Å². The summed E-state index contributed by atoms with van der Waals surface area (Å²) in [5.41, 5.74) is 2.61. The fraction of sp³-hybridized carbons (Fsp3) is 0.0952. The number of halogens is 3. The normalized spacial score (nSPS) is 11.7. The molecule has 0 N–H and O–H groups in total. The van der Waals surface area contributed by atoms with Gasteiger partial charge >= 0.3 is 10.1 Å². The van der Waals surface area contributed by atoms with E-state index in [-0.39, 0.29) is 20.7 Å². The predicted molar refractivity (Wildman–Crippen MR) is 119 cm³/mol. The molecule has 0 bridgehead atoms. The lowest BCUT2D eigenvalue weighted by molar-refractivity contribution is 0.486. The molecule has 4 nitrogen and oxygen atoms in total. The number of nitrogens with zero attached hydrogens (tertiary/aromatic N) is 1. The van der Waals surface area contributed by atoms with Crippen molar-refractivity contribution in [2.75, 3.05) is 0 Å². The lowest BCUT2D eigenvalue weighted by Crippen LogP contribution is -2.10. The fourth-order valence-corrected chi connectivity index (χ4v) is 4.22. The second-order valence-corrected chi connectivity index (χ2v) is 8.88. The molecule has 0 saturated carbocycles. The number of hydrogen-bond acceptors (Lipinski definition) is 4. The quantitative estimate of drug-likeness (QED) is 0.298. The van der Waals surface area contributed by atoms with Crippen LogP contribution in [0.3, 0.4) is 0 Å². The summed E-state index contributed by atoms with van der Waals surface area (Å²) in [6.45, 7) is 2.08. The molecule has 0 aliphatic carbocycles. The lowest BCUT2D eigenvalue weighted by Gasteiger charge is -2.11. The minimum atomic E-state index is -4.11. The summed E-state index contributed by atoms with van der Waals surface area (Å²) in [6, 6.07) is 16.5. The van der Waals surface area contributed by atoms with Gasteiger partial charge in [-0.1, -0.05) is 53.9 Å². The first-order valence-electron chi connectivity index (χ1n) is 8.60. The third-order valence-electron chi connectivity index (χ3n) is 4.02. The Hall–Kier alpha value is -2.05. The first kappa shape index (κ1) is 21.7. The Morgan fingerprint density at radius 1 is 0.931 bits per heavy atom. The molecular formula is C21H16Cl3NO3S. The Labute approximate surface area is 184 Å². The van der Waals surface area contributed by atoms with Crippen LogP contribution in [0.25, 0.3) is 0 Å². The Morgan fingerprint density at radius 2 is 1.52 bits per heavy atom. The Bertz CT molecular complexity index is 1120. The van der Waals surface area contributed by atoms with E-state index in [2.05, 4.69) is 11.9 Å². The van der Waals surface area contributed by atoms with E-state index >= 15 is 0 Å². The molecule has 0 aliphatic heterocycles. The molecular weight excluding hydrogens is 453 g/mol. The zero-order valence-corrected chi connectivity index (χ0v) is 18.4. The summed E-state index contributed by atoms with van der Waals surface area (Å²) in [4.78, 5) is 4.32. The van der Waals surface area contributed by atoms with Crippen molar-refractivity contribution in [3.8, 4) is 5.75 Å². The third kappa shape index (κ3) is 5.52. The molecule has 8 heteroatoms. The molecule has 0 aliphatic rings. The van der Waals surface area contributed by atoms with Crippen LogP contribution in [-0.2, 0) is 16.5 Å². The molecule has 150 valence electrons. The van der Waals surface area contributed by atoms with Gasteiger partial charge in [0.15, 0.2) is 5.75 Å². The van der Waals surface area contributed by atoms with Gasteiger partial charge in [0, 0.05) is 11.2 Å². The average molecular weight is 469 g/mol. The van der Waals surface area contributed by atoms with Gasteiger partial charge in [0.2, 0.25) is 0 Å². The van der Waals surface area contributed by atoms with Crippen molar-refractivity contribution >= 4 is 56.8 Å². The van der Waals surface area contributed by atoms with E-state index in [0.29, 0.717) is 10.6 Å². The maximum absolute atomic E-state index is 12.5. The van der Waals surface area contributed by atoms with E-state index in [4.69, 9.17) is 39.0 Å². The third-order valence-corrected chi connectivity index (χ3v) is 6.07. The molecule has 0 radical (unpaired) electrons. The van der Waals surface area contributed by atoms with Crippen molar-refractivity contribution in [1.29, 1.82) is 0 Å². The van der Waals surface area contributed by atoms with Crippen LogP contribution in [-0.4, -0.2) is 14.6 Å². The summed E-state index contributed by atoms with van der Waals surface area (Å²) in [5, 5.41) is 0.517. The molecule has 3 aromatic carbocycles. The highest BCUT2D eigenvalue weighted by Crippen LogP contribution is 2.36. The highest BCUT2D eigenvalue weighted by molar-refractivity contribution is 7.87. The molecule has 0 spiro atoms. The van der Waals surface area contributed by atoms with Crippen LogP contribution in [0, 0.1) is 0 Å². The highest BCUT2D eigenvalue weighted by Gasteiger charge is 2.21. The van der Waals surface area contributed by atoms with Crippen molar-refractivity contribution in [2.24, 2.45) is 4.99 Å². The number of aryl methyl sites for hydroxylation is 1. The summed E-state index contributed by atoms with van der Waals surface area (Å²) >= 11 is 18.2. The van der Waals surface area contributed by atoms with Gasteiger partial charge in [0.1, 0.15) is 4.90 Å². The van der Waals surface area contributed by atoms with Crippen molar-refractivity contribution in [3.05, 3.63) is 86.9 Å². The Balaban J connectivity index is 1.83. The lowest BCUT2D eigenvalue weighted by atomic mass is 10.1. The summed E-state index contributed by atoms with van der Waals surface area (Å²) < 4.78 is 30.1. The van der Waals surface area contributed by atoms with Gasteiger partial charge in [-0.25, -0.2) is 0 Å². The molecule has 0 unspecified atom stereocenters. The van der Waals surface area contributed by atoms with Gasteiger partial charge in [-0.3, -0.25) is 4.99 Å². The van der Waals surface area contributed by atoms with Crippen LogP contribution in [0.5, 0.6) is 5.75 Å². The zero-order valence-electron chi connectivity index (χ0n) is 15.3. The minimum absolute atomic E-state index is 0.0535. The zero-order chi connectivity index (χ0) is 21.0. The van der Waals surface area contributed by atoms with Gasteiger partial charge in [-0.05, 0) is 66.1 Å². The first-order valence-corrected chi connectivity index (χ1v) is 11.1. The number of rotatable bonds is 6. The highest BCUT2D eigenvalue weighted by atomic mass is 35.5. The average Bonchev–Trinajstić information content (AvgIpc) is 2.70. The summed E-state index contributed by atoms with van der Waals surface area (Å²) in [7, 11) is -4.11. The van der Waals surface area contributed by atoms with Crippen LogP contribution >= 0.6 is 34.8 Å². The topological polar surface area (TPSA) is 55.7 Å². The SMILES string of the molecule is CCc1ccc(N=Cc2cc(Cl)c(OS(=O)(=O)c3ccc(Cl)cc3)c(Cl)c2)cc1. The maximum Gasteiger partial charge on any atom is 0.339 e. The number of benzene rings is 3. The number of aliphatic imine (C=N–C) groups is 1. The van der Waals surface area contributed by atoms with E-state index in [1.54, 1.807) is 6.21 Å². The van der Waals surface area contributed by atoms with E-state index < -0.39 is 10.1 Å². The molecule has 0 atom stereocenters. The predicted octanol–water partition coefficient (Wildman–Crippen LogP) is 6.73. The van der Waals surface area contributed by atoms with Gasteiger partial charge < -0.3 is 4.18 Å². The van der Waals surface area contributed by atoms with Gasteiger partial charge in [0.25, 0.3) is 0 Å². The van der Waals surface area contributed by atoms with Crippen LogP contribution in [0.15, 0.2) is 70.6 Å². The van der Waals surface area contributed by atoms with Crippen molar-refractivity contribution in [3.63, 3.8) is 0 Å². The first-order chi connectivity index (χ1) is 13.8. The van der Waals surface area contributed by atoms with Crippen LogP contribution < -0.4 is 4.18 Å². The molecule has 29 heavy (non-hydrogen) atoms. The molecule has 0 aromatic heterocycles. The van der Waals surface area contributed by atoms with Crippen molar-refractivity contribution in [1.82, 2.24) is 0 Å². The fourth-order valence-electron chi connectivity index (χ4n) is 2.46. The van der Waals surface area contributed by atoms with Crippen LogP contribution in [0.2, 0.25) is 15.1 Å². The Morgan fingerprint density at radius 3 is 2.07 bits per heavy atom. The Kier molecular flexibility index (Phi) is 6.85. The standard InChI is InChI=1S/C21H16Cl3NO3S/c1-2-14-3-7-17(8-4-14)25-13-15-11-19(23)21(20(24)12-15)28-29(26,27)18-9-5-16(22)6-10-18/h3-13H,2H2,1H3. The van der Waals surface area contributed by atoms with Gasteiger partial charge in [-0.15, -0.1) is 0 Å². The summed E-state index contributed by atoms with van der Waals surface area (Å²) in [5.74, 6) is -0.146. The minimum Gasteiger partial charge on any atom is -0.376 e. The second-order valence-electron chi connectivity index (χ2n) is 6.08. The molecule has 0 fully saturated rings. The molecule has 0 heterocycles. The second kappa shape index (κ2) is 9.18. The van der Waals surface area contributed by atoms with Gasteiger partial charge in [0.05, 0.1) is 15.7 Å². The monoisotopic (exact) mass is 467 g/mol. The van der Waals surface area contributed by atoms with Gasteiger partial charge in [-0.2, -0.15) is 8.42 Å². The van der Waals surface area contributed by atoms with E-state index in [9.17, 15) is 8.42 Å².